The van der Waals surface area contributed by atoms with Crippen LogP contribution in [0.4, 0.5) is 0 Å². The third-order valence-electron chi connectivity index (χ3n) is 2.30. The molecule has 1 heterocycles. The smallest absolute Gasteiger partial charge is 0.219 e. The van der Waals surface area contributed by atoms with Gasteiger partial charge in [0.15, 0.2) is 0 Å². The van der Waals surface area contributed by atoms with Crippen molar-refractivity contribution in [2.24, 2.45) is 0 Å². The van der Waals surface area contributed by atoms with E-state index >= 15 is 0 Å². The first-order valence-corrected chi connectivity index (χ1v) is 4.60. The van der Waals surface area contributed by atoms with Gasteiger partial charge in [0, 0.05) is 20.1 Å². The molecule has 0 aliphatic carbocycles. The van der Waals surface area contributed by atoms with E-state index in [1.54, 1.807) is 6.92 Å². The standard InChI is InChI=1S/C9H17NO2.H2O/c1-3-12-7-9-5-4-6-10(9)8(2)11;/h9H,3-7H2,1-2H3;1H2/t9-;/m0./s1. The highest BCUT2D eigenvalue weighted by molar-refractivity contribution is 5.73. The monoisotopic (exact) mass is 189 g/mol. The SMILES string of the molecule is CCOC[C@@H]1CCCN1C(C)=O.O. The third-order valence-corrected chi connectivity index (χ3v) is 2.30. The molecule has 0 aromatic carbocycles. The number of carbonyl (C=O) groups is 1. The van der Waals surface area contributed by atoms with Gasteiger partial charge >= 0.3 is 0 Å². The zero-order valence-corrected chi connectivity index (χ0v) is 8.38. The number of nitrogens with zero attached hydrogens (tertiary/aromatic N) is 1. The molecule has 2 N–H and O–H groups in total. The van der Waals surface area contributed by atoms with Gasteiger partial charge in [-0.1, -0.05) is 0 Å². The number of hydrogen-bond donors (Lipinski definition) is 0. The van der Waals surface area contributed by atoms with Crippen LogP contribution < -0.4 is 0 Å². The summed E-state index contributed by atoms with van der Waals surface area (Å²) in [7, 11) is 0. The Labute approximate surface area is 79.2 Å². The van der Waals surface area contributed by atoms with E-state index in [1.807, 2.05) is 11.8 Å². The first-order chi connectivity index (χ1) is 5.75. The van der Waals surface area contributed by atoms with Crippen LogP contribution in [-0.4, -0.2) is 42.1 Å². The van der Waals surface area contributed by atoms with Gasteiger partial charge in [-0.25, -0.2) is 0 Å². The van der Waals surface area contributed by atoms with E-state index in [9.17, 15) is 4.79 Å². The van der Waals surface area contributed by atoms with E-state index in [-0.39, 0.29) is 11.4 Å². The molecule has 1 rings (SSSR count). The second kappa shape index (κ2) is 5.94. The summed E-state index contributed by atoms with van der Waals surface area (Å²) in [5.74, 6) is 0.178. The van der Waals surface area contributed by atoms with Crippen LogP contribution in [-0.2, 0) is 9.53 Å². The highest BCUT2D eigenvalue weighted by Gasteiger charge is 2.25. The normalized spacial score (nSPS) is 21.4. The van der Waals surface area contributed by atoms with E-state index < -0.39 is 0 Å². The Balaban J connectivity index is 0.00000144. The molecule has 0 bridgehead atoms. The van der Waals surface area contributed by atoms with E-state index in [1.165, 1.54) is 0 Å². The van der Waals surface area contributed by atoms with Crippen molar-refractivity contribution in [3.63, 3.8) is 0 Å². The summed E-state index contributed by atoms with van der Waals surface area (Å²) in [6.07, 6.45) is 2.22. The molecule has 13 heavy (non-hydrogen) atoms. The van der Waals surface area contributed by atoms with Gasteiger partial charge in [0.05, 0.1) is 12.6 Å². The number of likely N-dealkylation sites (tertiary alicyclic amines) is 1. The molecule has 4 heteroatoms. The molecule has 1 amide bonds. The van der Waals surface area contributed by atoms with Crippen molar-refractivity contribution in [2.45, 2.75) is 32.7 Å². The van der Waals surface area contributed by atoms with Gasteiger partial charge in [0.25, 0.3) is 0 Å². The fraction of sp³-hybridized carbons (Fsp3) is 0.889. The Bertz CT molecular complexity index is 161. The molecular weight excluding hydrogens is 170 g/mol. The van der Waals surface area contributed by atoms with Gasteiger partial charge in [-0.05, 0) is 19.8 Å². The summed E-state index contributed by atoms with van der Waals surface area (Å²) in [6.45, 7) is 5.96. The molecule has 1 saturated heterocycles. The third kappa shape index (κ3) is 3.32. The zero-order valence-electron chi connectivity index (χ0n) is 8.38. The van der Waals surface area contributed by atoms with E-state index in [0.29, 0.717) is 12.6 Å². The summed E-state index contributed by atoms with van der Waals surface area (Å²) in [6, 6.07) is 0.336. The molecule has 78 valence electrons. The summed E-state index contributed by atoms with van der Waals surface area (Å²) in [4.78, 5) is 13.0. The molecule has 1 aliphatic rings. The van der Waals surface area contributed by atoms with Crippen LogP contribution in [0.1, 0.15) is 26.7 Å². The molecule has 1 fully saturated rings. The van der Waals surface area contributed by atoms with Crippen LogP contribution in [0.25, 0.3) is 0 Å². The van der Waals surface area contributed by atoms with Crippen molar-refractivity contribution in [1.82, 2.24) is 4.90 Å². The molecule has 1 atom stereocenters. The maximum Gasteiger partial charge on any atom is 0.219 e. The minimum atomic E-state index is 0. The van der Waals surface area contributed by atoms with Crippen LogP contribution in [0, 0.1) is 0 Å². The molecule has 0 aromatic heterocycles. The topological polar surface area (TPSA) is 61.0 Å². The lowest BCUT2D eigenvalue weighted by atomic mass is 10.2. The molecule has 0 saturated carbocycles. The summed E-state index contributed by atoms with van der Waals surface area (Å²) >= 11 is 0. The van der Waals surface area contributed by atoms with Crippen LogP contribution in [0.5, 0.6) is 0 Å². The van der Waals surface area contributed by atoms with Crippen LogP contribution in [0.3, 0.4) is 0 Å². The lowest BCUT2D eigenvalue weighted by Gasteiger charge is -2.22. The highest BCUT2D eigenvalue weighted by Crippen LogP contribution is 2.17. The molecule has 4 nitrogen and oxygen atoms in total. The summed E-state index contributed by atoms with van der Waals surface area (Å²) < 4.78 is 5.30. The minimum absolute atomic E-state index is 0. The van der Waals surface area contributed by atoms with Crippen LogP contribution in [0.15, 0.2) is 0 Å². The second-order valence-corrected chi connectivity index (χ2v) is 3.17. The maximum absolute atomic E-state index is 11.1. The number of rotatable bonds is 3. The van der Waals surface area contributed by atoms with Crippen LogP contribution >= 0.6 is 0 Å². The van der Waals surface area contributed by atoms with Gasteiger partial charge in [0.1, 0.15) is 0 Å². The molecule has 0 spiro atoms. The van der Waals surface area contributed by atoms with Gasteiger partial charge in [0.2, 0.25) is 5.91 Å². The van der Waals surface area contributed by atoms with E-state index in [0.717, 1.165) is 26.0 Å². The van der Waals surface area contributed by atoms with Gasteiger partial charge in [-0.2, -0.15) is 0 Å². The minimum Gasteiger partial charge on any atom is -0.412 e. The second-order valence-electron chi connectivity index (χ2n) is 3.17. The van der Waals surface area contributed by atoms with E-state index in [4.69, 9.17) is 4.74 Å². The quantitative estimate of drug-likeness (QED) is 0.637. The Morgan fingerprint density at radius 3 is 2.85 bits per heavy atom. The maximum atomic E-state index is 11.1. The van der Waals surface area contributed by atoms with Gasteiger partial charge in [-0.3, -0.25) is 4.79 Å². The Kier molecular flexibility index (Phi) is 5.66. The average Bonchev–Trinajstić information content (AvgIpc) is 2.48. The summed E-state index contributed by atoms with van der Waals surface area (Å²) in [5, 5.41) is 0. The first-order valence-electron chi connectivity index (χ1n) is 4.60. The van der Waals surface area contributed by atoms with E-state index in [2.05, 4.69) is 0 Å². The van der Waals surface area contributed by atoms with Gasteiger partial charge < -0.3 is 15.1 Å². The van der Waals surface area contributed by atoms with Crippen molar-refractivity contribution in [3.8, 4) is 0 Å². The number of carbonyl (C=O) groups excluding carboxylic acids is 1. The molecular formula is C9H19NO3. The van der Waals surface area contributed by atoms with Crippen molar-refractivity contribution in [3.05, 3.63) is 0 Å². The highest BCUT2D eigenvalue weighted by atomic mass is 16.5. The molecule has 0 unspecified atom stereocenters. The predicted octanol–water partition coefficient (Wildman–Crippen LogP) is 0.209. The zero-order chi connectivity index (χ0) is 8.97. The Morgan fingerprint density at radius 2 is 2.31 bits per heavy atom. The van der Waals surface area contributed by atoms with Crippen molar-refractivity contribution >= 4 is 5.91 Å². The molecule has 0 aromatic rings. The van der Waals surface area contributed by atoms with Gasteiger partial charge in [-0.15, -0.1) is 0 Å². The fourth-order valence-corrected chi connectivity index (χ4v) is 1.68. The number of ether oxygens (including phenoxy) is 1. The summed E-state index contributed by atoms with van der Waals surface area (Å²) in [5.41, 5.74) is 0. The largest absolute Gasteiger partial charge is 0.412 e. The lowest BCUT2D eigenvalue weighted by molar-refractivity contribution is -0.130. The van der Waals surface area contributed by atoms with Crippen molar-refractivity contribution in [1.29, 1.82) is 0 Å². The first kappa shape index (κ1) is 12.4. The van der Waals surface area contributed by atoms with Crippen LogP contribution in [0.2, 0.25) is 0 Å². The number of hydrogen-bond acceptors (Lipinski definition) is 2. The predicted molar refractivity (Wildman–Crippen MR) is 50.5 cm³/mol. The van der Waals surface area contributed by atoms with Crippen molar-refractivity contribution < 1.29 is 15.0 Å². The molecule has 1 aliphatic heterocycles. The Hall–Kier alpha value is -0.610. The Morgan fingerprint density at radius 1 is 1.62 bits per heavy atom. The average molecular weight is 189 g/mol. The lowest BCUT2D eigenvalue weighted by Crippen LogP contribution is -2.36. The number of amides is 1. The van der Waals surface area contributed by atoms with Crippen molar-refractivity contribution in [2.75, 3.05) is 19.8 Å². The fourth-order valence-electron chi connectivity index (χ4n) is 1.68. The molecule has 0 radical (unpaired) electrons.